The minimum Gasteiger partial charge on any atom is -0.497 e. The third-order valence-corrected chi connectivity index (χ3v) is 2.70. The van der Waals surface area contributed by atoms with E-state index in [1.165, 1.54) is 0 Å². The van der Waals surface area contributed by atoms with Gasteiger partial charge in [0, 0.05) is 19.3 Å². The molecular weight excluding hydrogens is 292 g/mol. The number of methoxy groups -OCH3 is 2. The molecule has 0 aliphatic heterocycles. The molecule has 0 fully saturated rings. The molecule has 21 heavy (non-hydrogen) atoms. The van der Waals surface area contributed by atoms with Crippen molar-refractivity contribution in [2.45, 2.75) is 0 Å². The molecule has 0 heterocycles. The molecule has 8 heteroatoms. The lowest BCUT2D eigenvalue weighted by molar-refractivity contribution is -0.119. The molecule has 0 saturated carbocycles. The van der Waals surface area contributed by atoms with Crippen LogP contribution in [-0.4, -0.2) is 44.9 Å². The average molecular weight is 312 g/mol. The topological polar surface area (TPSA) is 83.7 Å². The maximum absolute atomic E-state index is 11.6. The minimum atomic E-state index is -0.235. The van der Waals surface area contributed by atoms with Crippen molar-refractivity contribution in [3.8, 4) is 5.75 Å². The first-order chi connectivity index (χ1) is 10.2. The number of carbonyl (C=O) groups excluding carboxylic acids is 1. The summed E-state index contributed by atoms with van der Waals surface area (Å²) >= 11 is 4.96. The SMILES string of the molecule is COCCNC(=S)NNC(=O)CNc1ccc(OC)cc1. The van der Waals surface area contributed by atoms with Crippen molar-refractivity contribution >= 4 is 28.9 Å². The lowest BCUT2D eigenvalue weighted by atomic mass is 10.3. The molecule has 0 aliphatic rings. The van der Waals surface area contributed by atoms with Crippen molar-refractivity contribution in [2.75, 3.05) is 39.2 Å². The van der Waals surface area contributed by atoms with Gasteiger partial charge in [0.05, 0.1) is 20.3 Å². The molecule has 1 amide bonds. The summed E-state index contributed by atoms with van der Waals surface area (Å²) in [4.78, 5) is 11.6. The van der Waals surface area contributed by atoms with E-state index in [1.54, 1.807) is 14.2 Å². The molecule has 1 rings (SSSR count). The van der Waals surface area contributed by atoms with Gasteiger partial charge in [0.1, 0.15) is 5.75 Å². The zero-order valence-corrected chi connectivity index (χ0v) is 12.9. The average Bonchev–Trinajstić information content (AvgIpc) is 2.51. The van der Waals surface area contributed by atoms with Gasteiger partial charge in [-0.05, 0) is 36.5 Å². The van der Waals surface area contributed by atoms with Gasteiger partial charge >= 0.3 is 0 Å². The van der Waals surface area contributed by atoms with Crippen molar-refractivity contribution in [3.05, 3.63) is 24.3 Å². The summed E-state index contributed by atoms with van der Waals surface area (Å²) in [6.07, 6.45) is 0. The lowest BCUT2D eigenvalue weighted by Crippen LogP contribution is -2.48. The fourth-order valence-electron chi connectivity index (χ4n) is 1.37. The fourth-order valence-corrected chi connectivity index (χ4v) is 1.53. The summed E-state index contributed by atoms with van der Waals surface area (Å²) in [5.41, 5.74) is 5.91. The fraction of sp³-hybridized carbons (Fsp3) is 0.385. The van der Waals surface area contributed by atoms with Gasteiger partial charge in [-0.15, -0.1) is 0 Å². The van der Waals surface area contributed by atoms with E-state index in [9.17, 15) is 4.79 Å². The summed E-state index contributed by atoms with van der Waals surface area (Å²) in [6, 6.07) is 7.29. The van der Waals surface area contributed by atoms with Crippen LogP contribution in [0.5, 0.6) is 5.75 Å². The number of hydrogen-bond donors (Lipinski definition) is 4. The van der Waals surface area contributed by atoms with Crippen LogP contribution < -0.4 is 26.2 Å². The molecule has 4 N–H and O–H groups in total. The Balaban J connectivity index is 2.19. The zero-order chi connectivity index (χ0) is 15.5. The maximum Gasteiger partial charge on any atom is 0.257 e. The Labute approximate surface area is 129 Å². The standard InChI is InChI=1S/C13H20N4O3S/c1-19-8-7-14-13(21)17-16-12(18)9-15-10-3-5-11(20-2)6-4-10/h3-6,15H,7-9H2,1-2H3,(H,16,18)(H2,14,17,21). The second kappa shape index (κ2) is 9.78. The van der Waals surface area contributed by atoms with E-state index in [1.807, 2.05) is 24.3 Å². The number of hydrazine groups is 1. The maximum atomic E-state index is 11.6. The van der Waals surface area contributed by atoms with Crippen LogP contribution in [0.25, 0.3) is 0 Å². The number of benzene rings is 1. The van der Waals surface area contributed by atoms with E-state index in [2.05, 4.69) is 21.5 Å². The van der Waals surface area contributed by atoms with Crippen LogP contribution in [0.1, 0.15) is 0 Å². The number of amides is 1. The number of anilines is 1. The van der Waals surface area contributed by atoms with Crippen LogP contribution in [0.4, 0.5) is 5.69 Å². The van der Waals surface area contributed by atoms with Crippen LogP contribution in [0.15, 0.2) is 24.3 Å². The first-order valence-corrected chi connectivity index (χ1v) is 6.76. The lowest BCUT2D eigenvalue weighted by Gasteiger charge is -2.12. The number of rotatable bonds is 7. The van der Waals surface area contributed by atoms with Gasteiger partial charge in [0.15, 0.2) is 5.11 Å². The highest BCUT2D eigenvalue weighted by Gasteiger charge is 2.02. The quantitative estimate of drug-likeness (QED) is 0.326. The second-order valence-electron chi connectivity index (χ2n) is 4.00. The highest BCUT2D eigenvalue weighted by Crippen LogP contribution is 2.14. The van der Waals surface area contributed by atoms with E-state index in [0.717, 1.165) is 11.4 Å². The van der Waals surface area contributed by atoms with Gasteiger partial charge in [-0.1, -0.05) is 0 Å². The van der Waals surface area contributed by atoms with E-state index in [-0.39, 0.29) is 12.5 Å². The van der Waals surface area contributed by atoms with Crippen molar-refractivity contribution in [2.24, 2.45) is 0 Å². The normalized spacial score (nSPS) is 9.62. The highest BCUT2D eigenvalue weighted by molar-refractivity contribution is 7.80. The van der Waals surface area contributed by atoms with Crippen molar-refractivity contribution < 1.29 is 14.3 Å². The third-order valence-electron chi connectivity index (χ3n) is 2.45. The number of ether oxygens (including phenoxy) is 2. The molecule has 1 aromatic rings. The number of carbonyl (C=O) groups is 1. The first kappa shape index (κ1) is 17.0. The zero-order valence-electron chi connectivity index (χ0n) is 12.1. The van der Waals surface area contributed by atoms with Gasteiger partial charge in [-0.25, -0.2) is 0 Å². The Morgan fingerprint density at radius 1 is 1.19 bits per heavy atom. The molecule has 0 unspecified atom stereocenters. The molecule has 0 atom stereocenters. The monoisotopic (exact) mass is 312 g/mol. The van der Waals surface area contributed by atoms with Gasteiger partial charge in [-0.3, -0.25) is 15.6 Å². The Kier molecular flexibility index (Phi) is 7.92. The summed E-state index contributed by atoms with van der Waals surface area (Å²) in [7, 11) is 3.20. The first-order valence-electron chi connectivity index (χ1n) is 6.35. The molecule has 0 radical (unpaired) electrons. The van der Waals surface area contributed by atoms with Crippen LogP contribution in [-0.2, 0) is 9.53 Å². The third kappa shape index (κ3) is 7.33. The van der Waals surface area contributed by atoms with Crippen LogP contribution in [0, 0.1) is 0 Å². The van der Waals surface area contributed by atoms with Gasteiger partial charge in [-0.2, -0.15) is 0 Å². The van der Waals surface area contributed by atoms with Gasteiger partial charge in [0.25, 0.3) is 5.91 Å². The minimum absolute atomic E-state index is 0.125. The van der Waals surface area contributed by atoms with E-state index >= 15 is 0 Å². The van der Waals surface area contributed by atoms with Crippen LogP contribution >= 0.6 is 12.2 Å². The summed E-state index contributed by atoms with van der Waals surface area (Å²) in [5.74, 6) is 0.529. The summed E-state index contributed by atoms with van der Waals surface area (Å²) in [6.45, 7) is 1.23. The van der Waals surface area contributed by atoms with Crippen LogP contribution in [0.3, 0.4) is 0 Å². The molecule has 0 aliphatic carbocycles. The highest BCUT2D eigenvalue weighted by atomic mass is 32.1. The largest absolute Gasteiger partial charge is 0.497 e. The Bertz CT molecular complexity index is 453. The van der Waals surface area contributed by atoms with Crippen molar-refractivity contribution in [1.29, 1.82) is 0 Å². The predicted octanol–water partition coefficient (Wildman–Crippen LogP) is 0.249. The summed E-state index contributed by atoms with van der Waals surface area (Å²) in [5, 5.41) is 6.19. The molecule has 0 saturated heterocycles. The second-order valence-corrected chi connectivity index (χ2v) is 4.41. The Hall–Kier alpha value is -2.06. The molecule has 7 nitrogen and oxygen atoms in total. The van der Waals surface area contributed by atoms with Crippen molar-refractivity contribution in [3.63, 3.8) is 0 Å². The Morgan fingerprint density at radius 3 is 2.52 bits per heavy atom. The molecule has 0 aromatic heterocycles. The van der Waals surface area contributed by atoms with Crippen LogP contribution in [0.2, 0.25) is 0 Å². The molecule has 0 spiro atoms. The van der Waals surface area contributed by atoms with E-state index in [4.69, 9.17) is 21.7 Å². The molecule has 0 bridgehead atoms. The smallest absolute Gasteiger partial charge is 0.257 e. The summed E-state index contributed by atoms with van der Waals surface area (Å²) < 4.78 is 9.92. The van der Waals surface area contributed by atoms with E-state index in [0.29, 0.717) is 18.3 Å². The molecular formula is C13H20N4O3S. The predicted molar refractivity (Wildman–Crippen MR) is 85.2 cm³/mol. The van der Waals surface area contributed by atoms with Gasteiger partial charge in [0.2, 0.25) is 0 Å². The molecule has 116 valence electrons. The Morgan fingerprint density at radius 2 is 1.90 bits per heavy atom. The van der Waals surface area contributed by atoms with E-state index < -0.39 is 0 Å². The number of hydrogen-bond acceptors (Lipinski definition) is 5. The van der Waals surface area contributed by atoms with Crippen molar-refractivity contribution in [1.82, 2.24) is 16.2 Å². The number of thiocarbonyl (C=S) groups is 1. The number of nitrogens with one attached hydrogen (secondary N) is 4. The van der Waals surface area contributed by atoms with Gasteiger partial charge < -0.3 is 20.1 Å². The molecule has 1 aromatic carbocycles.